The molecule has 23 heavy (non-hydrogen) atoms. The molecule has 1 aromatic carbocycles. The van der Waals surface area contributed by atoms with Gasteiger partial charge in [0.15, 0.2) is 0 Å². The number of aryl methyl sites for hydroxylation is 1. The molecule has 124 valence electrons. The third-order valence-electron chi connectivity index (χ3n) is 3.84. The summed E-state index contributed by atoms with van der Waals surface area (Å²) in [5.41, 5.74) is 3.94. The van der Waals surface area contributed by atoms with Gasteiger partial charge in [-0.1, -0.05) is 43.6 Å². The Morgan fingerprint density at radius 2 is 2.00 bits per heavy atom. The van der Waals surface area contributed by atoms with E-state index in [1.807, 2.05) is 42.8 Å². The molecule has 0 atom stereocenters. The van der Waals surface area contributed by atoms with Crippen LogP contribution in [0.4, 0.5) is 0 Å². The fourth-order valence-corrected chi connectivity index (χ4v) is 2.77. The van der Waals surface area contributed by atoms with Crippen molar-refractivity contribution >= 4 is 17.5 Å². The van der Waals surface area contributed by atoms with Crippen LogP contribution in [0.3, 0.4) is 0 Å². The minimum Gasteiger partial charge on any atom is -0.352 e. The molecule has 0 saturated heterocycles. The van der Waals surface area contributed by atoms with Gasteiger partial charge >= 0.3 is 0 Å². The van der Waals surface area contributed by atoms with Crippen LogP contribution in [-0.2, 0) is 24.3 Å². The van der Waals surface area contributed by atoms with Gasteiger partial charge in [0.25, 0.3) is 0 Å². The molecule has 5 heteroatoms. The second kappa shape index (κ2) is 7.64. The molecular weight excluding hydrogens is 310 g/mol. The molecule has 0 fully saturated rings. The first-order valence-electron chi connectivity index (χ1n) is 7.91. The Hall–Kier alpha value is -1.81. The van der Waals surface area contributed by atoms with Crippen LogP contribution < -0.4 is 5.32 Å². The molecule has 1 N–H and O–H groups in total. The number of nitrogens with zero attached hydrogens (tertiary/aromatic N) is 2. The topological polar surface area (TPSA) is 46.9 Å². The summed E-state index contributed by atoms with van der Waals surface area (Å²) in [5, 5.41) is 8.15. The zero-order valence-electron chi connectivity index (χ0n) is 14.2. The molecule has 1 heterocycles. The number of halogens is 1. The highest BCUT2D eigenvalue weighted by Crippen LogP contribution is 2.16. The number of hydrogen-bond acceptors (Lipinski definition) is 2. The molecule has 1 aromatic heterocycles. The van der Waals surface area contributed by atoms with E-state index < -0.39 is 0 Å². The third-order valence-corrected chi connectivity index (χ3v) is 4.21. The van der Waals surface area contributed by atoms with E-state index in [1.54, 1.807) is 0 Å². The Balaban J connectivity index is 2.00. The van der Waals surface area contributed by atoms with Gasteiger partial charge in [-0.05, 0) is 31.4 Å². The molecule has 2 rings (SSSR count). The summed E-state index contributed by atoms with van der Waals surface area (Å²) in [6.07, 6.45) is 0.347. The Morgan fingerprint density at radius 3 is 2.65 bits per heavy atom. The van der Waals surface area contributed by atoms with Gasteiger partial charge in [0.05, 0.1) is 12.1 Å². The van der Waals surface area contributed by atoms with Crippen LogP contribution in [0, 0.1) is 19.8 Å². The van der Waals surface area contributed by atoms with Crippen LogP contribution in [0.15, 0.2) is 24.3 Å². The van der Waals surface area contributed by atoms with Crippen molar-refractivity contribution in [3.63, 3.8) is 0 Å². The summed E-state index contributed by atoms with van der Waals surface area (Å²) in [5.74, 6) is 0.509. The van der Waals surface area contributed by atoms with Crippen LogP contribution in [0.5, 0.6) is 0 Å². The lowest BCUT2D eigenvalue weighted by Gasteiger charge is -2.09. The second-order valence-electron chi connectivity index (χ2n) is 6.27. The molecule has 0 aliphatic heterocycles. The fourth-order valence-electron chi connectivity index (χ4n) is 2.57. The quantitative estimate of drug-likeness (QED) is 0.876. The summed E-state index contributed by atoms with van der Waals surface area (Å²) in [4.78, 5) is 12.2. The van der Waals surface area contributed by atoms with Gasteiger partial charge in [-0.3, -0.25) is 9.48 Å². The van der Waals surface area contributed by atoms with Gasteiger partial charge in [0, 0.05) is 29.4 Å². The molecule has 0 saturated carbocycles. The van der Waals surface area contributed by atoms with Gasteiger partial charge in [-0.25, -0.2) is 0 Å². The van der Waals surface area contributed by atoms with Gasteiger partial charge in [0.1, 0.15) is 0 Å². The summed E-state index contributed by atoms with van der Waals surface area (Å²) in [7, 11) is 0. The summed E-state index contributed by atoms with van der Waals surface area (Å²) >= 11 is 6.11. The van der Waals surface area contributed by atoms with Crippen LogP contribution in [-0.4, -0.2) is 15.7 Å². The molecular formula is C18H24ClN3O. The predicted molar refractivity (Wildman–Crippen MR) is 93.5 cm³/mol. The van der Waals surface area contributed by atoms with Crippen molar-refractivity contribution in [2.24, 2.45) is 5.92 Å². The number of amides is 1. The molecule has 0 aliphatic rings. The minimum atomic E-state index is -0.0137. The lowest BCUT2D eigenvalue weighted by molar-refractivity contribution is -0.120. The van der Waals surface area contributed by atoms with E-state index in [2.05, 4.69) is 24.3 Å². The molecule has 0 aliphatic carbocycles. The Kier molecular flexibility index (Phi) is 5.83. The lowest BCUT2D eigenvalue weighted by atomic mass is 10.1. The molecule has 1 amide bonds. The third kappa shape index (κ3) is 4.58. The predicted octanol–water partition coefficient (Wildman–Crippen LogP) is 3.67. The summed E-state index contributed by atoms with van der Waals surface area (Å²) in [6, 6.07) is 7.54. The average molecular weight is 334 g/mol. The maximum atomic E-state index is 12.2. The zero-order valence-corrected chi connectivity index (χ0v) is 14.9. The highest BCUT2D eigenvalue weighted by Gasteiger charge is 2.15. The van der Waals surface area contributed by atoms with E-state index in [-0.39, 0.29) is 5.91 Å². The van der Waals surface area contributed by atoms with E-state index in [9.17, 15) is 4.79 Å². The highest BCUT2D eigenvalue weighted by atomic mass is 35.5. The van der Waals surface area contributed by atoms with Crippen molar-refractivity contribution in [2.45, 2.75) is 47.2 Å². The second-order valence-corrected chi connectivity index (χ2v) is 6.68. The molecule has 0 spiro atoms. The highest BCUT2D eigenvalue weighted by molar-refractivity contribution is 6.31. The van der Waals surface area contributed by atoms with Crippen LogP contribution in [0.1, 0.15) is 36.4 Å². The van der Waals surface area contributed by atoms with Gasteiger partial charge in [-0.15, -0.1) is 0 Å². The first kappa shape index (κ1) is 17.5. The number of carbonyl (C=O) groups is 1. The molecule has 2 aromatic rings. The van der Waals surface area contributed by atoms with Gasteiger partial charge < -0.3 is 5.32 Å². The van der Waals surface area contributed by atoms with E-state index in [0.717, 1.165) is 29.1 Å². The van der Waals surface area contributed by atoms with Crippen molar-refractivity contribution in [2.75, 3.05) is 0 Å². The SMILES string of the molecule is Cc1nn(CC(C)C)c(C)c1CC(=O)NCc1ccccc1Cl. The van der Waals surface area contributed by atoms with Crippen molar-refractivity contribution < 1.29 is 4.79 Å². The monoisotopic (exact) mass is 333 g/mol. The van der Waals surface area contributed by atoms with E-state index in [1.165, 1.54) is 0 Å². The lowest BCUT2D eigenvalue weighted by Crippen LogP contribution is -2.25. The average Bonchev–Trinajstić information content (AvgIpc) is 2.73. The van der Waals surface area contributed by atoms with E-state index >= 15 is 0 Å². The number of rotatable bonds is 6. The maximum Gasteiger partial charge on any atom is 0.224 e. The van der Waals surface area contributed by atoms with Gasteiger partial charge in [0.2, 0.25) is 5.91 Å². The number of aromatic nitrogens is 2. The summed E-state index contributed by atoms with van der Waals surface area (Å²) < 4.78 is 2.00. The number of hydrogen-bond donors (Lipinski definition) is 1. The Morgan fingerprint density at radius 1 is 1.30 bits per heavy atom. The Bertz CT molecular complexity index is 692. The summed E-state index contributed by atoms with van der Waals surface area (Å²) in [6.45, 7) is 9.61. The van der Waals surface area contributed by atoms with Crippen LogP contribution >= 0.6 is 11.6 Å². The van der Waals surface area contributed by atoms with E-state index in [0.29, 0.717) is 23.9 Å². The minimum absolute atomic E-state index is 0.0137. The van der Waals surface area contributed by atoms with E-state index in [4.69, 9.17) is 11.6 Å². The normalized spacial score (nSPS) is 11.0. The van der Waals surface area contributed by atoms with Crippen molar-refractivity contribution in [1.29, 1.82) is 0 Å². The maximum absolute atomic E-state index is 12.2. The number of benzene rings is 1. The standard InChI is InChI=1S/C18H24ClN3O/c1-12(2)11-22-14(4)16(13(3)21-22)9-18(23)20-10-15-7-5-6-8-17(15)19/h5-8,12H,9-11H2,1-4H3,(H,20,23). The molecule has 4 nitrogen and oxygen atoms in total. The first-order chi connectivity index (χ1) is 10.9. The van der Waals surface area contributed by atoms with Crippen molar-refractivity contribution in [3.05, 3.63) is 51.8 Å². The number of nitrogens with one attached hydrogen (secondary N) is 1. The zero-order chi connectivity index (χ0) is 17.0. The van der Waals surface area contributed by atoms with Crippen molar-refractivity contribution in [3.8, 4) is 0 Å². The first-order valence-corrected chi connectivity index (χ1v) is 8.29. The largest absolute Gasteiger partial charge is 0.352 e. The van der Waals surface area contributed by atoms with Crippen molar-refractivity contribution in [1.82, 2.24) is 15.1 Å². The Labute approximate surface area is 142 Å². The number of carbonyl (C=O) groups excluding carboxylic acids is 1. The van der Waals surface area contributed by atoms with Crippen LogP contribution in [0.25, 0.3) is 0 Å². The van der Waals surface area contributed by atoms with Crippen LogP contribution in [0.2, 0.25) is 5.02 Å². The molecule has 0 unspecified atom stereocenters. The molecule has 0 radical (unpaired) electrons. The van der Waals surface area contributed by atoms with Gasteiger partial charge in [-0.2, -0.15) is 5.10 Å². The molecule has 0 bridgehead atoms. The smallest absolute Gasteiger partial charge is 0.224 e. The fraction of sp³-hybridized carbons (Fsp3) is 0.444.